The Morgan fingerprint density at radius 2 is 1.81 bits per heavy atom. The Labute approximate surface area is 103 Å². The average molecular weight is 222 g/mol. The smallest absolute Gasteiger partial charge is 0.0233 e. The van der Waals surface area contributed by atoms with Gasteiger partial charge in [-0.25, -0.2) is 0 Å². The molecule has 0 spiro atoms. The fourth-order valence-corrected chi connectivity index (χ4v) is 3.59. The molecule has 0 aromatic heterocycles. The second-order valence-electron chi connectivity index (χ2n) is 5.89. The highest BCUT2D eigenvalue weighted by molar-refractivity contribution is 4.99. The molecule has 1 rings (SSSR count). The zero-order chi connectivity index (χ0) is 12.1. The molecule has 0 heterocycles. The Bertz CT molecular complexity index is 206. The SMILES string of the molecule is C=CC(CCC)CC1C(C)C1C(C)CCC. The maximum absolute atomic E-state index is 3.99. The van der Waals surface area contributed by atoms with E-state index in [9.17, 15) is 0 Å². The molecule has 0 aromatic carbocycles. The highest BCUT2D eigenvalue weighted by Gasteiger charge is 2.48. The summed E-state index contributed by atoms with van der Waals surface area (Å²) in [6, 6.07) is 0. The molecule has 1 aliphatic carbocycles. The lowest BCUT2D eigenvalue weighted by Gasteiger charge is -2.13. The molecule has 5 atom stereocenters. The van der Waals surface area contributed by atoms with Gasteiger partial charge in [0.05, 0.1) is 0 Å². The summed E-state index contributed by atoms with van der Waals surface area (Å²) in [5.74, 6) is 4.70. The Morgan fingerprint density at radius 1 is 1.19 bits per heavy atom. The summed E-state index contributed by atoms with van der Waals surface area (Å²) >= 11 is 0. The second kappa shape index (κ2) is 6.47. The lowest BCUT2D eigenvalue weighted by atomic mass is 9.93. The molecule has 0 aliphatic heterocycles. The number of allylic oxidation sites excluding steroid dienone is 1. The van der Waals surface area contributed by atoms with Crippen molar-refractivity contribution in [2.24, 2.45) is 29.6 Å². The van der Waals surface area contributed by atoms with E-state index in [-0.39, 0.29) is 0 Å². The highest BCUT2D eigenvalue weighted by atomic mass is 14.5. The minimum atomic E-state index is 0.774. The summed E-state index contributed by atoms with van der Waals surface area (Å²) in [4.78, 5) is 0. The van der Waals surface area contributed by atoms with Crippen LogP contribution < -0.4 is 0 Å². The molecule has 0 nitrogen and oxygen atoms in total. The Balaban J connectivity index is 2.36. The van der Waals surface area contributed by atoms with E-state index in [1.165, 1.54) is 32.1 Å². The highest BCUT2D eigenvalue weighted by Crippen LogP contribution is 2.55. The van der Waals surface area contributed by atoms with Crippen molar-refractivity contribution in [3.8, 4) is 0 Å². The van der Waals surface area contributed by atoms with Gasteiger partial charge in [0, 0.05) is 0 Å². The van der Waals surface area contributed by atoms with Crippen LogP contribution in [0.25, 0.3) is 0 Å². The molecule has 5 unspecified atom stereocenters. The monoisotopic (exact) mass is 222 g/mol. The molecule has 0 heteroatoms. The number of hydrogen-bond donors (Lipinski definition) is 0. The van der Waals surface area contributed by atoms with E-state index >= 15 is 0 Å². The van der Waals surface area contributed by atoms with Crippen molar-refractivity contribution in [3.63, 3.8) is 0 Å². The molecule has 16 heavy (non-hydrogen) atoms. The second-order valence-corrected chi connectivity index (χ2v) is 5.89. The third kappa shape index (κ3) is 3.37. The van der Waals surface area contributed by atoms with Crippen LogP contribution in [-0.2, 0) is 0 Å². The van der Waals surface area contributed by atoms with E-state index < -0.39 is 0 Å². The van der Waals surface area contributed by atoms with Crippen molar-refractivity contribution in [1.82, 2.24) is 0 Å². The van der Waals surface area contributed by atoms with Gasteiger partial charge < -0.3 is 0 Å². The van der Waals surface area contributed by atoms with Crippen LogP contribution in [0.3, 0.4) is 0 Å². The molecule has 0 N–H and O–H groups in total. The molecule has 0 aromatic rings. The van der Waals surface area contributed by atoms with E-state index in [0.717, 1.165) is 29.6 Å². The van der Waals surface area contributed by atoms with Crippen LogP contribution in [0.1, 0.15) is 59.8 Å². The van der Waals surface area contributed by atoms with Crippen molar-refractivity contribution in [2.45, 2.75) is 59.8 Å². The first-order chi connectivity index (χ1) is 7.65. The largest absolute Gasteiger partial charge is 0.103 e. The van der Waals surface area contributed by atoms with Crippen LogP contribution in [0.5, 0.6) is 0 Å². The Morgan fingerprint density at radius 3 is 2.31 bits per heavy atom. The van der Waals surface area contributed by atoms with E-state index in [1.807, 2.05) is 0 Å². The van der Waals surface area contributed by atoms with Crippen LogP contribution in [0.4, 0.5) is 0 Å². The minimum absolute atomic E-state index is 0.774. The predicted molar refractivity (Wildman–Crippen MR) is 73.4 cm³/mol. The van der Waals surface area contributed by atoms with Gasteiger partial charge in [0.2, 0.25) is 0 Å². The van der Waals surface area contributed by atoms with Gasteiger partial charge in [-0.15, -0.1) is 6.58 Å². The van der Waals surface area contributed by atoms with E-state index in [1.54, 1.807) is 0 Å². The van der Waals surface area contributed by atoms with Gasteiger partial charge in [0.1, 0.15) is 0 Å². The molecule has 0 saturated heterocycles. The van der Waals surface area contributed by atoms with Crippen molar-refractivity contribution in [3.05, 3.63) is 12.7 Å². The number of rotatable bonds is 8. The van der Waals surface area contributed by atoms with Crippen LogP contribution in [0.15, 0.2) is 12.7 Å². The zero-order valence-electron chi connectivity index (χ0n) is 11.7. The Kier molecular flexibility index (Phi) is 5.58. The molecular weight excluding hydrogens is 192 g/mol. The molecule has 94 valence electrons. The van der Waals surface area contributed by atoms with Crippen LogP contribution in [0, 0.1) is 29.6 Å². The summed E-state index contributed by atoms with van der Waals surface area (Å²) < 4.78 is 0. The van der Waals surface area contributed by atoms with E-state index in [2.05, 4.69) is 40.3 Å². The molecule has 0 radical (unpaired) electrons. The summed E-state index contributed by atoms with van der Waals surface area (Å²) in [6.45, 7) is 13.5. The third-order valence-electron chi connectivity index (χ3n) is 4.60. The van der Waals surface area contributed by atoms with Gasteiger partial charge in [-0.05, 0) is 42.4 Å². The van der Waals surface area contributed by atoms with Gasteiger partial charge in [-0.3, -0.25) is 0 Å². The number of hydrogen-bond acceptors (Lipinski definition) is 0. The van der Waals surface area contributed by atoms with Gasteiger partial charge in [0.15, 0.2) is 0 Å². The topological polar surface area (TPSA) is 0 Å². The van der Waals surface area contributed by atoms with Crippen LogP contribution in [-0.4, -0.2) is 0 Å². The normalized spacial score (nSPS) is 32.1. The summed E-state index contributed by atoms with van der Waals surface area (Å²) in [5.41, 5.74) is 0. The summed E-state index contributed by atoms with van der Waals surface area (Å²) in [5, 5.41) is 0. The first-order valence-electron chi connectivity index (χ1n) is 7.28. The van der Waals surface area contributed by atoms with Crippen LogP contribution in [0.2, 0.25) is 0 Å². The first-order valence-corrected chi connectivity index (χ1v) is 7.28. The fourth-order valence-electron chi connectivity index (χ4n) is 3.59. The lowest BCUT2D eigenvalue weighted by Crippen LogP contribution is -2.02. The molecule has 1 fully saturated rings. The molecule has 0 amide bonds. The summed E-state index contributed by atoms with van der Waals surface area (Å²) in [7, 11) is 0. The first kappa shape index (κ1) is 13.8. The molecule has 1 aliphatic rings. The lowest BCUT2D eigenvalue weighted by molar-refractivity contribution is 0.402. The van der Waals surface area contributed by atoms with Gasteiger partial charge in [-0.1, -0.05) is 53.0 Å². The third-order valence-corrected chi connectivity index (χ3v) is 4.60. The Hall–Kier alpha value is -0.260. The zero-order valence-corrected chi connectivity index (χ0v) is 11.7. The van der Waals surface area contributed by atoms with Crippen molar-refractivity contribution in [2.75, 3.05) is 0 Å². The average Bonchev–Trinajstić information content (AvgIpc) is 2.89. The molecule has 0 bridgehead atoms. The van der Waals surface area contributed by atoms with Gasteiger partial charge >= 0.3 is 0 Å². The maximum atomic E-state index is 3.99. The van der Waals surface area contributed by atoms with E-state index in [4.69, 9.17) is 0 Å². The standard InChI is InChI=1S/C16H30/c1-6-9-12(4)16-13(5)15(16)11-14(8-3)10-7-2/h8,12-16H,3,6-7,9-11H2,1-2,4-5H3. The van der Waals surface area contributed by atoms with Gasteiger partial charge in [-0.2, -0.15) is 0 Å². The van der Waals surface area contributed by atoms with Crippen molar-refractivity contribution < 1.29 is 0 Å². The fraction of sp³-hybridized carbons (Fsp3) is 0.875. The van der Waals surface area contributed by atoms with Crippen molar-refractivity contribution >= 4 is 0 Å². The van der Waals surface area contributed by atoms with Crippen molar-refractivity contribution in [1.29, 1.82) is 0 Å². The summed E-state index contributed by atoms with van der Waals surface area (Å²) in [6.07, 6.45) is 8.98. The minimum Gasteiger partial charge on any atom is -0.103 e. The van der Waals surface area contributed by atoms with Gasteiger partial charge in [0.25, 0.3) is 0 Å². The van der Waals surface area contributed by atoms with Crippen LogP contribution >= 0.6 is 0 Å². The quantitative estimate of drug-likeness (QED) is 0.489. The maximum Gasteiger partial charge on any atom is -0.0233 e. The molecular formula is C16H30. The predicted octanol–water partition coefficient (Wildman–Crippen LogP) is 5.30. The van der Waals surface area contributed by atoms with E-state index in [0.29, 0.717) is 0 Å². The molecule has 1 saturated carbocycles.